The van der Waals surface area contributed by atoms with Gasteiger partial charge in [0.2, 0.25) is 0 Å². The second-order valence-electron chi connectivity index (χ2n) is 4.91. The average molecular weight is 313 g/mol. The number of benzene rings is 2. The summed E-state index contributed by atoms with van der Waals surface area (Å²) in [6, 6.07) is 13.5. The van der Waals surface area contributed by atoms with Crippen molar-refractivity contribution < 1.29 is 13.2 Å². The fourth-order valence-corrected chi connectivity index (χ4v) is 2.85. The minimum atomic E-state index is -3.22. The van der Waals surface area contributed by atoms with Crippen LogP contribution in [0.25, 0.3) is 0 Å². The predicted octanol–water partition coefficient (Wildman–Crippen LogP) is 2.46. The van der Waals surface area contributed by atoms with Crippen LogP contribution >= 0.6 is 0 Å². The van der Waals surface area contributed by atoms with E-state index < -0.39 is 9.84 Å². The summed E-state index contributed by atoms with van der Waals surface area (Å²) in [7, 11) is -3.22. The lowest BCUT2D eigenvalue weighted by Crippen LogP contribution is -2.15. The maximum absolute atomic E-state index is 12.4. The lowest BCUT2D eigenvalue weighted by atomic mass is 10.1. The van der Waals surface area contributed by atoms with Crippen LogP contribution in [-0.2, 0) is 15.6 Å². The molecule has 4 nitrogen and oxygen atoms in total. The normalized spacial score (nSPS) is 10.7. The number of sulfone groups is 1. The van der Waals surface area contributed by atoms with Crippen LogP contribution in [0.1, 0.15) is 21.5 Å². The molecule has 1 amide bonds. The van der Waals surface area contributed by atoms with Crippen LogP contribution in [0.3, 0.4) is 0 Å². The zero-order valence-corrected chi connectivity index (χ0v) is 12.9. The van der Waals surface area contributed by atoms with E-state index in [9.17, 15) is 13.2 Å². The molecule has 0 unspecified atom stereocenters. The Morgan fingerprint density at radius 2 is 1.91 bits per heavy atom. The molecule has 0 aromatic heterocycles. The zero-order valence-electron chi connectivity index (χ0n) is 12.0. The van der Waals surface area contributed by atoms with Gasteiger partial charge >= 0.3 is 0 Å². The molecule has 0 aliphatic carbocycles. The van der Waals surface area contributed by atoms with E-state index in [2.05, 4.69) is 11.2 Å². The van der Waals surface area contributed by atoms with E-state index in [0.29, 0.717) is 22.4 Å². The molecule has 2 aromatic carbocycles. The Balaban J connectivity index is 2.28. The van der Waals surface area contributed by atoms with Crippen molar-refractivity contribution in [1.82, 2.24) is 0 Å². The molecule has 5 heteroatoms. The fraction of sp³-hybridized carbons (Fsp3) is 0.118. The van der Waals surface area contributed by atoms with Gasteiger partial charge in [0.1, 0.15) is 0 Å². The number of hydrogen-bond donors (Lipinski definition) is 1. The van der Waals surface area contributed by atoms with Gasteiger partial charge < -0.3 is 5.32 Å². The van der Waals surface area contributed by atoms with Gasteiger partial charge in [0.15, 0.2) is 9.84 Å². The quantitative estimate of drug-likeness (QED) is 0.882. The molecule has 0 bridgehead atoms. The van der Waals surface area contributed by atoms with Crippen molar-refractivity contribution in [3.05, 3.63) is 65.2 Å². The highest BCUT2D eigenvalue weighted by Crippen LogP contribution is 2.16. The topological polar surface area (TPSA) is 63.2 Å². The summed E-state index contributed by atoms with van der Waals surface area (Å²) in [6.07, 6.45) is 6.46. The van der Waals surface area contributed by atoms with Crippen molar-refractivity contribution >= 4 is 21.4 Å². The minimum Gasteiger partial charge on any atom is -0.322 e. The number of hydrogen-bond acceptors (Lipinski definition) is 3. The van der Waals surface area contributed by atoms with E-state index in [1.54, 1.807) is 48.5 Å². The molecule has 0 fully saturated rings. The molecule has 1 N–H and O–H groups in total. The van der Waals surface area contributed by atoms with E-state index in [-0.39, 0.29) is 11.7 Å². The van der Waals surface area contributed by atoms with Crippen LogP contribution < -0.4 is 5.32 Å². The smallest absolute Gasteiger partial charge is 0.255 e. The summed E-state index contributed by atoms with van der Waals surface area (Å²) in [5.41, 5.74) is 2.02. The Morgan fingerprint density at radius 3 is 2.59 bits per heavy atom. The van der Waals surface area contributed by atoms with Gasteiger partial charge in [0, 0.05) is 23.1 Å². The molecule has 0 aliphatic heterocycles. The summed E-state index contributed by atoms with van der Waals surface area (Å²) in [5, 5.41) is 2.73. The van der Waals surface area contributed by atoms with Gasteiger partial charge in [0.05, 0.1) is 5.75 Å². The first kappa shape index (κ1) is 15.8. The standard InChI is InChI=1S/C17H15NO3S/c1-3-13-7-6-9-15(11-13)18-17(19)16-10-5-4-8-14(16)12-22(2,20)21/h1,4-11H,12H2,2H3,(H,18,19). The summed E-state index contributed by atoms with van der Waals surface area (Å²) < 4.78 is 22.9. The number of nitrogens with one attached hydrogen (secondary N) is 1. The Kier molecular flexibility index (Phi) is 4.64. The third kappa shape index (κ3) is 4.21. The summed E-state index contributed by atoms with van der Waals surface area (Å²) in [6.45, 7) is 0. The Labute approximate surface area is 130 Å². The second kappa shape index (κ2) is 6.46. The summed E-state index contributed by atoms with van der Waals surface area (Å²) in [5.74, 6) is 1.95. The van der Waals surface area contributed by atoms with Gasteiger partial charge in [0.25, 0.3) is 5.91 Å². The SMILES string of the molecule is C#Cc1cccc(NC(=O)c2ccccc2CS(C)(=O)=O)c1. The van der Waals surface area contributed by atoms with Gasteiger partial charge in [-0.15, -0.1) is 6.42 Å². The van der Waals surface area contributed by atoms with E-state index >= 15 is 0 Å². The third-order valence-corrected chi connectivity index (χ3v) is 3.80. The number of amides is 1. The molecule has 0 saturated carbocycles. The molecule has 0 radical (unpaired) electrons. The Bertz CT molecular complexity index is 848. The first-order chi connectivity index (χ1) is 10.4. The molecule has 0 heterocycles. The van der Waals surface area contributed by atoms with Crippen molar-refractivity contribution in [2.45, 2.75) is 5.75 Å². The molecule has 112 valence electrons. The van der Waals surface area contributed by atoms with Crippen molar-refractivity contribution in [3.8, 4) is 12.3 Å². The van der Waals surface area contributed by atoms with Crippen LogP contribution in [0.2, 0.25) is 0 Å². The Morgan fingerprint density at radius 1 is 1.18 bits per heavy atom. The average Bonchev–Trinajstić information content (AvgIpc) is 2.46. The number of carbonyl (C=O) groups excluding carboxylic acids is 1. The third-order valence-electron chi connectivity index (χ3n) is 2.97. The highest BCUT2D eigenvalue weighted by atomic mass is 32.2. The number of rotatable bonds is 4. The highest BCUT2D eigenvalue weighted by molar-refractivity contribution is 7.89. The number of anilines is 1. The molecule has 0 aliphatic rings. The maximum Gasteiger partial charge on any atom is 0.255 e. The highest BCUT2D eigenvalue weighted by Gasteiger charge is 2.14. The van der Waals surface area contributed by atoms with Crippen LogP contribution in [0.15, 0.2) is 48.5 Å². The van der Waals surface area contributed by atoms with Crippen LogP contribution in [-0.4, -0.2) is 20.6 Å². The molecular formula is C17H15NO3S. The van der Waals surface area contributed by atoms with Crippen LogP contribution in [0.4, 0.5) is 5.69 Å². The monoisotopic (exact) mass is 313 g/mol. The summed E-state index contributed by atoms with van der Waals surface area (Å²) in [4.78, 5) is 12.4. The molecule has 2 aromatic rings. The van der Waals surface area contributed by atoms with Crippen molar-refractivity contribution in [3.63, 3.8) is 0 Å². The van der Waals surface area contributed by atoms with Gasteiger partial charge in [-0.25, -0.2) is 8.42 Å². The van der Waals surface area contributed by atoms with Gasteiger partial charge in [-0.2, -0.15) is 0 Å². The van der Waals surface area contributed by atoms with Crippen molar-refractivity contribution in [2.24, 2.45) is 0 Å². The largest absolute Gasteiger partial charge is 0.322 e. The maximum atomic E-state index is 12.4. The lowest BCUT2D eigenvalue weighted by molar-refractivity contribution is 0.102. The van der Waals surface area contributed by atoms with Gasteiger partial charge in [-0.05, 0) is 29.8 Å². The fourth-order valence-electron chi connectivity index (χ4n) is 2.04. The molecule has 22 heavy (non-hydrogen) atoms. The molecule has 2 rings (SSSR count). The van der Waals surface area contributed by atoms with Crippen molar-refractivity contribution in [2.75, 3.05) is 11.6 Å². The summed E-state index contributed by atoms with van der Waals surface area (Å²) >= 11 is 0. The number of terminal acetylenes is 1. The van der Waals surface area contributed by atoms with E-state index in [1.165, 1.54) is 0 Å². The Hall–Kier alpha value is -2.58. The first-order valence-corrected chi connectivity index (χ1v) is 8.59. The molecular weight excluding hydrogens is 298 g/mol. The zero-order chi connectivity index (χ0) is 16.2. The van der Waals surface area contributed by atoms with Crippen LogP contribution in [0.5, 0.6) is 0 Å². The second-order valence-corrected chi connectivity index (χ2v) is 7.05. The lowest BCUT2D eigenvalue weighted by Gasteiger charge is -2.10. The minimum absolute atomic E-state index is 0.180. The van der Waals surface area contributed by atoms with E-state index in [1.807, 2.05) is 0 Å². The predicted molar refractivity (Wildman–Crippen MR) is 87.3 cm³/mol. The van der Waals surface area contributed by atoms with E-state index in [0.717, 1.165) is 6.26 Å². The molecule has 0 spiro atoms. The molecule has 0 saturated heterocycles. The van der Waals surface area contributed by atoms with Gasteiger partial charge in [-0.1, -0.05) is 30.2 Å². The van der Waals surface area contributed by atoms with Gasteiger partial charge in [-0.3, -0.25) is 4.79 Å². The van der Waals surface area contributed by atoms with Crippen molar-refractivity contribution in [1.29, 1.82) is 0 Å². The molecule has 0 atom stereocenters. The van der Waals surface area contributed by atoms with Crippen LogP contribution in [0, 0.1) is 12.3 Å². The number of carbonyl (C=O) groups is 1. The first-order valence-electron chi connectivity index (χ1n) is 6.53. The van der Waals surface area contributed by atoms with E-state index in [4.69, 9.17) is 6.42 Å².